The van der Waals surface area contributed by atoms with E-state index in [1.807, 2.05) is 0 Å². The Kier molecular flexibility index (Phi) is 3.91. The molecule has 0 fully saturated rings. The number of rotatable bonds is 4. The number of nitrogens with zero attached hydrogens (tertiary/aromatic N) is 2. The van der Waals surface area contributed by atoms with Crippen molar-refractivity contribution < 1.29 is 19.0 Å². The van der Waals surface area contributed by atoms with Gasteiger partial charge in [-0.15, -0.1) is 0 Å². The molecule has 0 bridgehead atoms. The van der Waals surface area contributed by atoms with E-state index in [0.717, 1.165) is 0 Å². The number of aromatic nitrogens is 2. The second-order valence-corrected chi connectivity index (χ2v) is 3.74. The molecule has 0 spiro atoms. The van der Waals surface area contributed by atoms with E-state index in [1.165, 1.54) is 38.7 Å². The topological polar surface area (TPSA) is 64.5 Å². The summed E-state index contributed by atoms with van der Waals surface area (Å²) < 4.78 is 23.8. The van der Waals surface area contributed by atoms with Gasteiger partial charge in [-0.3, -0.25) is 4.98 Å². The summed E-state index contributed by atoms with van der Waals surface area (Å²) in [5.74, 6) is -0.0515. The number of hydrogen-bond acceptors (Lipinski definition) is 5. The first-order valence-electron chi connectivity index (χ1n) is 5.53. The average Bonchev–Trinajstić information content (AvgIpc) is 2.46. The third kappa shape index (κ3) is 2.63. The van der Waals surface area contributed by atoms with Gasteiger partial charge < -0.3 is 14.6 Å². The fraction of sp³-hybridized carbons (Fsp3) is 0.231. The Morgan fingerprint density at radius 1 is 1.16 bits per heavy atom. The van der Waals surface area contributed by atoms with Crippen LogP contribution in [0.15, 0.2) is 30.6 Å². The Labute approximate surface area is 109 Å². The van der Waals surface area contributed by atoms with Gasteiger partial charge in [0, 0.05) is 24.0 Å². The smallest absolute Gasteiger partial charge is 0.238 e. The van der Waals surface area contributed by atoms with Crippen molar-refractivity contribution in [1.29, 1.82) is 0 Å². The molecule has 1 unspecified atom stereocenters. The molecule has 1 aromatic carbocycles. The number of ether oxygens (including phenoxy) is 2. The molecule has 2 rings (SSSR count). The molecular weight excluding hydrogens is 251 g/mol. The number of benzene rings is 1. The van der Waals surface area contributed by atoms with Gasteiger partial charge in [0.15, 0.2) is 0 Å². The van der Waals surface area contributed by atoms with E-state index in [4.69, 9.17) is 9.47 Å². The lowest BCUT2D eigenvalue weighted by atomic mass is 10.1. The quantitative estimate of drug-likeness (QED) is 0.910. The van der Waals surface area contributed by atoms with Gasteiger partial charge in [-0.05, 0) is 12.1 Å². The van der Waals surface area contributed by atoms with E-state index < -0.39 is 11.9 Å². The molecule has 5 nitrogen and oxygen atoms in total. The van der Waals surface area contributed by atoms with E-state index in [9.17, 15) is 9.50 Å². The zero-order chi connectivity index (χ0) is 13.8. The molecule has 0 radical (unpaired) electrons. The second-order valence-electron chi connectivity index (χ2n) is 3.74. The summed E-state index contributed by atoms with van der Waals surface area (Å²) in [4.78, 5) is 7.89. The van der Waals surface area contributed by atoms with Gasteiger partial charge in [0.25, 0.3) is 0 Å². The summed E-state index contributed by atoms with van der Waals surface area (Å²) in [5, 5.41) is 10.2. The van der Waals surface area contributed by atoms with Crippen LogP contribution in [0.1, 0.15) is 17.4 Å². The molecule has 0 saturated heterocycles. The molecule has 2 aromatic rings. The highest BCUT2D eigenvalue weighted by Crippen LogP contribution is 2.29. The van der Waals surface area contributed by atoms with Crippen molar-refractivity contribution in [3.05, 3.63) is 47.7 Å². The zero-order valence-electron chi connectivity index (χ0n) is 10.5. The van der Waals surface area contributed by atoms with Crippen molar-refractivity contribution in [3.8, 4) is 11.6 Å². The second kappa shape index (κ2) is 5.62. The highest BCUT2D eigenvalue weighted by atomic mass is 19.1. The Bertz CT molecular complexity index is 578. The molecule has 100 valence electrons. The molecule has 1 N–H and O–H groups in total. The van der Waals surface area contributed by atoms with Crippen LogP contribution in [0.2, 0.25) is 0 Å². The summed E-state index contributed by atoms with van der Waals surface area (Å²) >= 11 is 0. The molecule has 19 heavy (non-hydrogen) atoms. The maximum absolute atomic E-state index is 13.9. The van der Waals surface area contributed by atoms with Gasteiger partial charge in [0.2, 0.25) is 5.88 Å². The number of aliphatic hydroxyl groups is 1. The van der Waals surface area contributed by atoms with Crippen LogP contribution >= 0.6 is 0 Å². The Morgan fingerprint density at radius 2 is 1.89 bits per heavy atom. The number of hydrogen-bond donors (Lipinski definition) is 1. The maximum Gasteiger partial charge on any atom is 0.238 e. The first-order valence-corrected chi connectivity index (χ1v) is 5.53. The van der Waals surface area contributed by atoms with E-state index in [1.54, 1.807) is 6.07 Å². The monoisotopic (exact) mass is 264 g/mol. The average molecular weight is 264 g/mol. The molecule has 0 aliphatic rings. The van der Waals surface area contributed by atoms with E-state index >= 15 is 0 Å². The highest BCUT2D eigenvalue weighted by Gasteiger charge is 2.21. The summed E-state index contributed by atoms with van der Waals surface area (Å²) in [6.07, 6.45) is 1.58. The molecule has 0 aliphatic carbocycles. The van der Waals surface area contributed by atoms with Crippen molar-refractivity contribution in [3.63, 3.8) is 0 Å². The largest absolute Gasteiger partial charge is 0.497 e. The standard InChI is InChI=1S/C13H13FN2O3/c1-18-8-3-4-9(10(14)7-8)12(17)11-13(19-2)16-6-5-15-11/h3-7,12,17H,1-2H3. The molecule has 1 aromatic heterocycles. The predicted octanol–water partition coefficient (Wildman–Crippen LogP) is 1.71. The van der Waals surface area contributed by atoms with Crippen molar-refractivity contribution in [2.24, 2.45) is 0 Å². The van der Waals surface area contributed by atoms with Gasteiger partial charge in [-0.1, -0.05) is 0 Å². The van der Waals surface area contributed by atoms with Gasteiger partial charge in [0.05, 0.1) is 14.2 Å². The van der Waals surface area contributed by atoms with Crippen molar-refractivity contribution in [2.45, 2.75) is 6.10 Å². The normalized spacial score (nSPS) is 12.0. The Balaban J connectivity index is 2.41. The fourth-order valence-electron chi connectivity index (χ4n) is 1.68. The Hall–Kier alpha value is -2.21. The SMILES string of the molecule is COc1ccc(C(O)c2nccnc2OC)c(F)c1. The van der Waals surface area contributed by atoms with Gasteiger partial charge in [0.1, 0.15) is 23.4 Å². The van der Waals surface area contributed by atoms with E-state index in [0.29, 0.717) is 5.75 Å². The first-order chi connectivity index (χ1) is 9.17. The van der Waals surface area contributed by atoms with Crippen molar-refractivity contribution in [2.75, 3.05) is 14.2 Å². The van der Waals surface area contributed by atoms with E-state index in [2.05, 4.69) is 9.97 Å². The van der Waals surface area contributed by atoms with Crippen LogP contribution in [0, 0.1) is 5.82 Å². The molecular formula is C13H13FN2O3. The summed E-state index contributed by atoms with van der Waals surface area (Å²) in [6, 6.07) is 4.19. The molecule has 0 aliphatic heterocycles. The minimum absolute atomic E-state index is 0.0830. The predicted molar refractivity (Wildman–Crippen MR) is 65.6 cm³/mol. The lowest BCUT2D eigenvalue weighted by Gasteiger charge is -2.14. The number of aliphatic hydroxyl groups excluding tert-OH is 1. The lowest BCUT2D eigenvalue weighted by molar-refractivity contribution is 0.202. The minimum Gasteiger partial charge on any atom is -0.497 e. The van der Waals surface area contributed by atoms with Crippen LogP contribution in [0.25, 0.3) is 0 Å². The molecule has 1 heterocycles. The van der Waals surface area contributed by atoms with Crippen LogP contribution in [0.3, 0.4) is 0 Å². The highest BCUT2D eigenvalue weighted by molar-refractivity contribution is 5.35. The molecule has 6 heteroatoms. The first kappa shape index (κ1) is 13.2. The van der Waals surface area contributed by atoms with Crippen LogP contribution in [-0.4, -0.2) is 29.3 Å². The molecule has 1 atom stereocenters. The van der Waals surface area contributed by atoms with Crippen LogP contribution in [-0.2, 0) is 0 Å². The van der Waals surface area contributed by atoms with Crippen molar-refractivity contribution >= 4 is 0 Å². The third-order valence-corrected chi connectivity index (χ3v) is 2.65. The molecule has 0 saturated carbocycles. The van der Waals surface area contributed by atoms with Crippen LogP contribution in [0.4, 0.5) is 4.39 Å². The fourth-order valence-corrected chi connectivity index (χ4v) is 1.68. The Morgan fingerprint density at radius 3 is 2.53 bits per heavy atom. The number of methoxy groups -OCH3 is 2. The minimum atomic E-state index is -1.26. The lowest BCUT2D eigenvalue weighted by Crippen LogP contribution is -2.08. The number of halogens is 1. The summed E-state index contributed by atoms with van der Waals surface area (Å²) in [7, 11) is 2.85. The van der Waals surface area contributed by atoms with Gasteiger partial charge >= 0.3 is 0 Å². The van der Waals surface area contributed by atoms with Crippen LogP contribution < -0.4 is 9.47 Å². The van der Waals surface area contributed by atoms with Gasteiger partial charge in [-0.2, -0.15) is 0 Å². The third-order valence-electron chi connectivity index (χ3n) is 2.65. The van der Waals surface area contributed by atoms with Crippen LogP contribution in [0.5, 0.6) is 11.6 Å². The maximum atomic E-state index is 13.9. The van der Waals surface area contributed by atoms with Crippen molar-refractivity contribution in [1.82, 2.24) is 9.97 Å². The zero-order valence-corrected chi connectivity index (χ0v) is 10.5. The van der Waals surface area contributed by atoms with E-state index in [-0.39, 0.29) is 17.1 Å². The molecule has 0 amide bonds. The van der Waals surface area contributed by atoms with Gasteiger partial charge in [-0.25, -0.2) is 9.37 Å². The summed E-state index contributed by atoms with van der Waals surface area (Å²) in [6.45, 7) is 0. The summed E-state index contributed by atoms with van der Waals surface area (Å²) in [5.41, 5.74) is 0.244.